The number of benzene rings is 1. The molecule has 0 amide bonds. The minimum Gasteiger partial charge on any atom is -0.478 e. The lowest BCUT2D eigenvalue weighted by atomic mass is 9.91. The first-order valence-electron chi connectivity index (χ1n) is 7.21. The summed E-state index contributed by atoms with van der Waals surface area (Å²) in [6.07, 6.45) is 0.473. The number of aryl methyl sites for hydroxylation is 2. The van der Waals surface area contributed by atoms with Crippen molar-refractivity contribution in [3.63, 3.8) is 0 Å². The number of ether oxygens (including phenoxy) is 1. The number of aromatic carboxylic acids is 1. The van der Waals surface area contributed by atoms with Crippen LogP contribution in [0.3, 0.4) is 0 Å². The summed E-state index contributed by atoms with van der Waals surface area (Å²) in [6, 6.07) is 3.81. The van der Waals surface area contributed by atoms with E-state index >= 15 is 0 Å². The van der Waals surface area contributed by atoms with Crippen LogP contribution in [0.2, 0.25) is 0 Å². The molecule has 0 bridgehead atoms. The predicted molar refractivity (Wildman–Crippen MR) is 80.8 cm³/mol. The Bertz CT molecular complexity index is 752. The lowest BCUT2D eigenvalue weighted by molar-refractivity contribution is -0.00661. The fourth-order valence-electron chi connectivity index (χ4n) is 3.19. The molecule has 1 aliphatic rings. The maximum Gasteiger partial charge on any atom is 0.336 e. The summed E-state index contributed by atoms with van der Waals surface area (Å²) in [6.45, 7) is 7.91. The average molecular weight is 285 g/mol. The van der Waals surface area contributed by atoms with Crippen LogP contribution in [0.1, 0.15) is 52.7 Å². The van der Waals surface area contributed by atoms with Crippen molar-refractivity contribution >= 4 is 16.9 Å². The van der Waals surface area contributed by atoms with Crippen LogP contribution in [0.25, 0.3) is 10.9 Å². The van der Waals surface area contributed by atoms with Gasteiger partial charge in [-0.15, -0.1) is 0 Å². The van der Waals surface area contributed by atoms with Gasteiger partial charge >= 0.3 is 5.97 Å². The molecule has 0 spiro atoms. The molecule has 2 aromatic rings. The Balaban J connectivity index is 2.44. The second-order valence-corrected chi connectivity index (χ2v) is 5.85. The second kappa shape index (κ2) is 4.81. The van der Waals surface area contributed by atoms with E-state index in [1.54, 1.807) is 0 Å². The molecule has 2 heterocycles. The lowest BCUT2D eigenvalue weighted by Gasteiger charge is -2.29. The Kier molecular flexibility index (Phi) is 3.21. The zero-order valence-electron chi connectivity index (χ0n) is 12.7. The molecule has 1 aliphatic heterocycles. The number of hydrogen-bond acceptors (Lipinski definition) is 3. The quantitative estimate of drug-likeness (QED) is 0.870. The Morgan fingerprint density at radius 3 is 2.71 bits per heavy atom. The largest absolute Gasteiger partial charge is 0.478 e. The molecule has 2 unspecified atom stereocenters. The van der Waals surface area contributed by atoms with Crippen molar-refractivity contribution in [1.29, 1.82) is 0 Å². The van der Waals surface area contributed by atoms with Crippen LogP contribution in [-0.4, -0.2) is 22.2 Å². The van der Waals surface area contributed by atoms with Crippen molar-refractivity contribution in [1.82, 2.24) is 4.98 Å². The molecule has 110 valence electrons. The summed E-state index contributed by atoms with van der Waals surface area (Å²) in [5.74, 6) is -0.910. The average Bonchev–Trinajstić information content (AvgIpc) is 2.40. The summed E-state index contributed by atoms with van der Waals surface area (Å²) in [5.41, 5.74) is 4.91. The third-order valence-electron chi connectivity index (χ3n) is 4.34. The van der Waals surface area contributed by atoms with Crippen molar-refractivity contribution in [3.8, 4) is 0 Å². The van der Waals surface area contributed by atoms with E-state index in [1.807, 2.05) is 39.8 Å². The maximum atomic E-state index is 11.8. The Morgan fingerprint density at radius 1 is 1.33 bits per heavy atom. The number of carbonyl (C=O) groups is 1. The highest BCUT2D eigenvalue weighted by atomic mass is 16.5. The molecule has 4 nitrogen and oxygen atoms in total. The topological polar surface area (TPSA) is 59.4 Å². The summed E-state index contributed by atoms with van der Waals surface area (Å²) >= 11 is 0. The summed E-state index contributed by atoms with van der Waals surface area (Å²) in [7, 11) is 0. The molecule has 1 aromatic carbocycles. The first-order valence-corrected chi connectivity index (χ1v) is 7.21. The third kappa shape index (κ3) is 2.10. The molecule has 0 radical (unpaired) electrons. The van der Waals surface area contributed by atoms with E-state index in [0.29, 0.717) is 17.4 Å². The zero-order chi connectivity index (χ0) is 15.3. The van der Waals surface area contributed by atoms with Gasteiger partial charge in [-0.05, 0) is 38.8 Å². The number of carboxylic acid groups (broad SMARTS) is 1. The van der Waals surface area contributed by atoms with E-state index in [2.05, 4.69) is 0 Å². The predicted octanol–water partition coefficient (Wildman–Crippen LogP) is 3.57. The van der Waals surface area contributed by atoms with Crippen LogP contribution in [-0.2, 0) is 11.2 Å². The van der Waals surface area contributed by atoms with Gasteiger partial charge in [-0.1, -0.05) is 12.1 Å². The number of nitrogens with zero attached hydrogens (tertiary/aromatic N) is 1. The molecule has 0 saturated carbocycles. The van der Waals surface area contributed by atoms with Crippen molar-refractivity contribution in [3.05, 3.63) is 40.1 Å². The summed E-state index contributed by atoms with van der Waals surface area (Å²) in [4.78, 5) is 16.6. The van der Waals surface area contributed by atoms with E-state index in [9.17, 15) is 9.90 Å². The highest BCUT2D eigenvalue weighted by Crippen LogP contribution is 2.36. The zero-order valence-corrected chi connectivity index (χ0v) is 12.7. The molecule has 3 rings (SSSR count). The molecule has 0 fully saturated rings. The minimum atomic E-state index is -0.910. The van der Waals surface area contributed by atoms with Crippen molar-refractivity contribution in [2.45, 2.75) is 46.3 Å². The van der Waals surface area contributed by atoms with E-state index in [1.165, 1.54) is 0 Å². The number of rotatable bonds is 1. The van der Waals surface area contributed by atoms with E-state index in [4.69, 9.17) is 9.72 Å². The monoisotopic (exact) mass is 285 g/mol. The van der Waals surface area contributed by atoms with Crippen LogP contribution >= 0.6 is 0 Å². The van der Waals surface area contributed by atoms with Gasteiger partial charge in [0.1, 0.15) is 0 Å². The molecular weight excluding hydrogens is 266 g/mol. The fourth-order valence-corrected chi connectivity index (χ4v) is 3.19. The highest BCUT2D eigenvalue weighted by molar-refractivity contribution is 6.05. The van der Waals surface area contributed by atoms with E-state index in [0.717, 1.165) is 27.9 Å². The summed E-state index contributed by atoms with van der Waals surface area (Å²) < 4.78 is 5.80. The van der Waals surface area contributed by atoms with Crippen molar-refractivity contribution in [2.75, 3.05) is 0 Å². The van der Waals surface area contributed by atoms with Gasteiger partial charge in [-0.25, -0.2) is 4.79 Å². The Morgan fingerprint density at radius 2 is 2.05 bits per heavy atom. The Hall–Kier alpha value is -1.94. The van der Waals surface area contributed by atoms with Crippen LogP contribution < -0.4 is 0 Å². The van der Waals surface area contributed by atoms with Gasteiger partial charge in [0.2, 0.25) is 0 Å². The standard InChI is InChI=1S/C17H19NO3/c1-8-5-6-12-15(17(19)20)14-11(4)21-9(2)7-13(14)18-16(12)10(8)3/h5-6,9,11H,7H2,1-4H3,(H,19,20). The van der Waals surface area contributed by atoms with Gasteiger partial charge in [0.05, 0.1) is 29.0 Å². The van der Waals surface area contributed by atoms with Gasteiger partial charge in [0.15, 0.2) is 0 Å². The molecule has 1 N–H and O–H groups in total. The minimum absolute atomic E-state index is 0.0595. The van der Waals surface area contributed by atoms with Gasteiger partial charge in [0, 0.05) is 17.4 Å². The van der Waals surface area contributed by atoms with Gasteiger partial charge < -0.3 is 9.84 Å². The number of fused-ring (bicyclic) bond motifs is 2. The van der Waals surface area contributed by atoms with Gasteiger partial charge in [-0.2, -0.15) is 0 Å². The highest BCUT2D eigenvalue weighted by Gasteiger charge is 2.30. The normalized spacial score (nSPS) is 21.3. The number of pyridine rings is 1. The molecule has 0 aliphatic carbocycles. The SMILES string of the molecule is Cc1ccc2c(C(=O)O)c3c(nc2c1C)CC(C)OC3C. The van der Waals surface area contributed by atoms with Gasteiger partial charge in [-0.3, -0.25) is 4.98 Å². The van der Waals surface area contributed by atoms with Crippen LogP contribution in [0.4, 0.5) is 0 Å². The smallest absolute Gasteiger partial charge is 0.336 e. The molecule has 4 heteroatoms. The molecule has 0 saturated heterocycles. The van der Waals surface area contributed by atoms with Crippen molar-refractivity contribution < 1.29 is 14.6 Å². The fraction of sp³-hybridized carbons (Fsp3) is 0.412. The Labute approximate surface area is 123 Å². The van der Waals surface area contributed by atoms with Crippen molar-refractivity contribution in [2.24, 2.45) is 0 Å². The molecule has 2 atom stereocenters. The molecule has 1 aromatic heterocycles. The number of carboxylic acids is 1. The summed E-state index contributed by atoms with van der Waals surface area (Å²) in [5, 5.41) is 10.4. The first kappa shape index (κ1) is 14.0. The molecular formula is C17H19NO3. The van der Waals surface area contributed by atoms with E-state index in [-0.39, 0.29) is 12.2 Å². The lowest BCUT2D eigenvalue weighted by Crippen LogP contribution is -2.26. The third-order valence-corrected chi connectivity index (χ3v) is 4.34. The van der Waals surface area contributed by atoms with Gasteiger partial charge in [0.25, 0.3) is 0 Å². The maximum absolute atomic E-state index is 11.8. The van der Waals surface area contributed by atoms with Crippen LogP contribution in [0.15, 0.2) is 12.1 Å². The number of hydrogen-bond donors (Lipinski definition) is 1. The number of aromatic nitrogens is 1. The van der Waals surface area contributed by atoms with Crippen LogP contribution in [0.5, 0.6) is 0 Å². The first-order chi connectivity index (χ1) is 9.90. The second-order valence-electron chi connectivity index (χ2n) is 5.85. The van der Waals surface area contributed by atoms with E-state index < -0.39 is 5.97 Å². The van der Waals surface area contributed by atoms with Crippen LogP contribution in [0, 0.1) is 13.8 Å². The molecule has 21 heavy (non-hydrogen) atoms.